The van der Waals surface area contributed by atoms with Crippen LogP contribution in [0.15, 0.2) is 28.9 Å². The fourth-order valence-electron chi connectivity index (χ4n) is 0.809. The van der Waals surface area contributed by atoms with Gasteiger partial charge in [0.25, 0.3) is 0 Å². The highest BCUT2D eigenvalue weighted by Gasteiger charge is 1.99. The lowest BCUT2D eigenvalue weighted by atomic mass is 10.1. The second-order valence-electron chi connectivity index (χ2n) is 2.24. The summed E-state index contributed by atoms with van der Waals surface area (Å²) < 4.78 is 0. The second kappa shape index (κ2) is 6.49. The fourth-order valence-corrected chi connectivity index (χ4v) is 0.809. The number of aliphatic imine (C=N–C) groups is 1. The summed E-state index contributed by atoms with van der Waals surface area (Å²) in [4.78, 5) is 14.0. The molecule has 0 heterocycles. The van der Waals surface area contributed by atoms with E-state index in [9.17, 15) is 4.79 Å². The molecule has 3 nitrogen and oxygen atoms in total. The minimum Gasteiger partial charge on any atom is -0.319 e. The molecule has 0 aliphatic heterocycles. The van der Waals surface area contributed by atoms with Gasteiger partial charge in [-0.25, -0.2) is 0 Å². The molecular weight excluding hydrogens is 152 g/mol. The number of hydrogen-bond acceptors (Lipinski definition) is 3. The Hall–Kier alpha value is -1.22. The average Bonchev–Trinajstić information content (AvgIpc) is 2.12. The molecule has 0 aliphatic carbocycles. The Labute approximate surface area is 72.9 Å². The Morgan fingerprint density at radius 1 is 1.67 bits per heavy atom. The molecule has 0 spiro atoms. The van der Waals surface area contributed by atoms with Crippen LogP contribution in [0.25, 0.3) is 0 Å². The van der Waals surface area contributed by atoms with Gasteiger partial charge in [0, 0.05) is 0 Å². The van der Waals surface area contributed by atoms with Gasteiger partial charge in [0.1, 0.15) is 5.70 Å². The smallest absolute Gasteiger partial charge is 0.168 e. The van der Waals surface area contributed by atoms with E-state index in [1.807, 2.05) is 7.05 Å². The summed E-state index contributed by atoms with van der Waals surface area (Å²) in [5.74, 6) is 0. The minimum atomic E-state index is 0.375. The van der Waals surface area contributed by atoms with Gasteiger partial charge in [-0.15, -0.1) is 0 Å². The number of hydrogen-bond donors (Lipinski definition) is 1. The van der Waals surface area contributed by atoms with Crippen molar-refractivity contribution in [2.75, 3.05) is 13.6 Å². The second-order valence-corrected chi connectivity index (χ2v) is 2.24. The molecule has 0 unspecified atom stereocenters. The van der Waals surface area contributed by atoms with Gasteiger partial charge in [-0.2, -0.15) is 0 Å². The van der Waals surface area contributed by atoms with Crippen molar-refractivity contribution < 1.29 is 4.79 Å². The van der Waals surface area contributed by atoms with Crippen molar-refractivity contribution in [2.45, 2.75) is 6.42 Å². The molecule has 0 saturated heterocycles. The Kier molecular flexibility index (Phi) is 5.83. The van der Waals surface area contributed by atoms with Crippen LogP contribution in [-0.2, 0) is 4.79 Å². The molecule has 0 saturated carbocycles. The molecule has 0 bridgehead atoms. The van der Waals surface area contributed by atoms with E-state index in [0.29, 0.717) is 12.0 Å². The number of allylic oxidation sites excluding steroid dienone is 2. The van der Waals surface area contributed by atoms with Crippen LogP contribution in [0.2, 0.25) is 0 Å². The molecule has 1 N–H and O–H groups in total. The van der Waals surface area contributed by atoms with Crippen molar-refractivity contribution in [1.29, 1.82) is 0 Å². The van der Waals surface area contributed by atoms with E-state index in [2.05, 4.69) is 23.6 Å². The van der Waals surface area contributed by atoms with Crippen LogP contribution in [0.5, 0.6) is 0 Å². The normalized spacial score (nSPS) is 11.8. The molecule has 0 atom stereocenters. The third-order valence-corrected chi connectivity index (χ3v) is 1.50. The van der Waals surface area contributed by atoms with Crippen LogP contribution < -0.4 is 5.32 Å². The summed E-state index contributed by atoms with van der Waals surface area (Å²) in [5, 5.41) is 2.98. The van der Waals surface area contributed by atoms with Gasteiger partial charge < -0.3 is 5.32 Å². The zero-order chi connectivity index (χ0) is 9.40. The van der Waals surface area contributed by atoms with Crippen molar-refractivity contribution in [1.82, 2.24) is 5.32 Å². The Bertz CT molecular complexity index is 197. The molecule has 0 amide bonds. The van der Waals surface area contributed by atoms with Crippen molar-refractivity contribution in [2.24, 2.45) is 4.99 Å². The Morgan fingerprint density at radius 2 is 2.33 bits per heavy atom. The maximum atomic E-state index is 10.4. The van der Waals surface area contributed by atoms with E-state index in [0.717, 1.165) is 18.5 Å². The molecule has 12 heavy (non-hydrogen) atoms. The number of aldehydes is 1. The van der Waals surface area contributed by atoms with Gasteiger partial charge in [0.15, 0.2) is 6.29 Å². The highest BCUT2D eigenvalue weighted by atomic mass is 16.1. The first-order chi connectivity index (χ1) is 5.79. The standard InChI is InChI=1S/C9H14N2O/c1-4-8(5-6-10-2)9(7-12)11-3/h4,7,10H,1,3,5-6H2,2H3/b9-8+. The van der Waals surface area contributed by atoms with Crippen LogP contribution in [0.1, 0.15) is 6.42 Å². The Morgan fingerprint density at radius 3 is 2.67 bits per heavy atom. The first-order valence-corrected chi connectivity index (χ1v) is 3.72. The maximum absolute atomic E-state index is 10.4. The molecule has 0 radical (unpaired) electrons. The lowest BCUT2D eigenvalue weighted by Gasteiger charge is -2.01. The highest BCUT2D eigenvalue weighted by molar-refractivity contribution is 5.76. The summed E-state index contributed by atoms with van der Waals surface area (Å²) >= 11 is 0. The molecule has 0 aromatic rings. The quantitative estimate of drug-likeness (QED) is 0.276. The van der Waals surface area contributed by atoms with E-state index in [1.54, 1.807) is 6.08 Å². The fraction of sp³-hybridized carbons (Fsp3) is 0.333. The number of nitrogens with one attached hydrogen (secondary N) is 1. The van der Waals surface area contributed by atoms with E-state index in [1.165, 1.54) is 0 Å². The van der Waals surface area contributed by atoms with Crippen molar-refractivity contribution >= 4 is 13.0 Å². The first-order valence-electron chi connectivity index (χ1n) is 3.72. The lowest BCUT2D eigenvalue weighted by molar-refractivity contribution is -0.105. The summed E-state index contributed by atoms with van der Waals surface area (Å²) in [7, 11) is 1.85. The van der Waals surface area contributed by atoms with Gasteiger partial charge in [0.05, 0.1) is 0 Å². The monoisotopic (exact) mass is 166 g/mol. The summed E-state index contributed by atoms with van der Waals surface area (Å²) in [6, 6.07) is 0. The third kappa shape index (κ3) is 3.25. The minimum absolute atomic E-state index is 0.375. The number of nitrogens with zero attached hydrogens (tertiary/aromatic N) is 1. The molecule has 3 heteroatoms. The molecule has 0 rings (SSSR count). The zero-order valence-electron chi connectivity index (χ0n) is 7.34. The summed E-state index contributed by atoms with van der Waals surface area (Å²) in [6.07, 6.45) is 3.07. The SMILES string of the molecule is C=C/C(CCNC)=C(/C=O)N=C. The topological polar surface area (TPSA) is 41.5 Å². The predicted octanol–water partition coefficient (Wildman–Crippen LogP) is 0.935. The van der Waals surface area contributed by atoms with Crippen LogP contribution >= 0.6 is 0 Å². The van der Waals surface area contributed by atoms with Crippen LogP contribution in [0.4, 0.5) is 0 Å². The molecular formula is C9H14N2O. The van der Waals surface area contributed by atoms with Gasteiger partial charge in [-0.05, 0) is 32.3 Å². The molecule has 0 aromatic carbocycles. The van der Waals surface area contributed by atoms with E-state index >= 15 is 0 Å². The van der Waals surface area contributed by atoms with Gasteiger partial charge in [0.2, 0.25) is 0 Å². The van der Waals surface area contributed by atoms with Gasteiger partial charge >= 0.3 is 0 Å². The van der Waals surface area contributed by atoms with E-state index in [-0.39, 0.29) is 0 Å². The lowest BCUT2D eigenvalue weighted by Crippen LogP contribution is -2.08. The predicted molar refractivity (Wildman–Crippen MR) is 51.4 cm³/mol. The first kappa shape index (κ1) is 10.8. The molecule has 66 valence electrons. The molecule has 0 fully saturated rings. The average molecular weight is 166 g/mol. The van der Waals surface area contributed by atoms with Crippen LogP contribution in [0.3, 0.4) is 0 Å². The molecule has 0 aliphatic rings. The van der Waals surface area contributed by atoms with Gasteiger partial charge in [-0.3, -0.25) is 9.79 Å². The van der Waals surface area contributed by atoms with E-state index < -0.39 is 0 Å². The third-order valence-electron chi connectivity index (χ3n) is 1.50. The number of carbonyl (C=O) groups excluding carboxylic acids is 1. The van der Waals surface area contributed by atoms with E-state index in [4.69, 9.17) is 0 Å². The zero-order valence-corrected chi connectivity index (χ0v) is 7.34. The summed E-state index contributed by atoms with van der Waals surface area (Å²) in [6.45, 7) is 7.70. The summed E-state index contributed by atoms with van der Waals surface area (Å²) in [5.41, 5.74) is 1.20. The van der Waals surface area contributed by atoms with Crippen LogP contribution in [-0.4, -0.2) is 26.6 Å². The van der Waals surface area contributed by atoms with Crippen molar-refractivity contribution in [3.8, 4) is 0 Å². The largest absolute Gasteiger partial charge is 0.319 e. The Balaban J connectivity index is 4.45. The van der Waals surface area contributed by atoms with Crippen molar-refractivity contribution in [3.05, 3.63) is 23.9 Å². The maximum Gasteiger partial charge on any atom is 0.168 e. The highest BCUT2D eigenvalue weighted by Crippen LogP contribution is 2.08. The van der Waals surface area contributed by atoms with Crippen LogP contribution in [0, 0.1) is 0 Å². The van der Waals surface area contributed by atoms with Gasteiger partial charge in [-0.1, -0.05) is 12.7 Å². The van der Waals surface area contributed by atoms with Crippen molar-refractivity contribution in [3.63, 3.8) is 0 Å². The molecule has 0 aromatic heterocycles. The number of carbonyl (C=O) groups is 1. The number of rotatable bonds is 6.